The van der Waals surface area contributed by atoms with Gasteiger partial charge >= 0.3 is 0 Å². The van der Waals surface area contributed by atoms with Crippen molar-refractivity contribution in [3.63, 3.8) is 0 Å². The minimum absolute atomic E-state index is 0.0164. The average Bonchev–Trinajstić information content (AvgIpc) is 3.94. The van der Waals surface area contributed by atoms with Crippen LogP contribution >= 0.6 is 0 Å². The van der Waals surface area contributed by atoms with Gasteiger partial charge in [0, 0.05) is 38.5 Å². The van der Waals surface area contributed by atoms with Crippen LogP contribution in [0.5, 0.6) is 0 Å². The minimum Gasteiger partial charge on any atom is -0.456 e. The fourth-order valence-electron chi connectivity index (χ4n) is 10.3. The summed E-state index contributed by atoms with van der Waals surface area (Å²) in [5.74, 6) is 0. The molecule has 0 aliphatic rings. The molecular weight excluding hydrogens is 839 g/mol. The van der Waals surface area contributed by atoms with Gasteiger partial charge in [0.05, 0.1) is 5.69 Å². The number of hydrogen-bond donors (Lipinski definition) is 0. The van der Waals surface area contributed by atoms with Gasteiger partial charge in [-0.15, -0.1) is 0 Å². The van der Waals surface area contributed by atoms with E-state index in [4.69, 9.17) is 8.83 Å². The number of hydrogen-bond acceptors (Lipinski definition) is 3. The lowest BCUT2D eigenvalue weighted by Crippen LogP contribution is -2.16. The standard InChI is InChI=1S/C66H53NO2/c1-65(2,3)47-37-46(38-48(41-47)66(4,5)6)52-24-14-17-43-18-15-26-55(63(43)52)53-21-7-10-27-58(53)67(49-34-31-42(32-35-49)51-25-16-30-62-64(51)56-23-9-12-29-60(56)69-62)50-20-13-19-44(39-50)45-33-36-61-57(40-45)54-22-8-11-28-59(54)68-61/h7-41H,1-6H3. The fourth-order valence-corrected chi connectivity index (χ4v) is 10.3. The smallest absolute Gasteiger partial charge is 0.136 e. The first kappa shape index (κ1) is 42.2. The summed E-state index contributed by atoms with van der Waals surface area (Å²) in [5.41, 5.74) is 18.7. The van der Waals surface area contributed by atoms with E-state index in [2.05, 4.69) is 234 Å². The van der Waals surface area contributed by atoms with Gasteiger partial charge in [-0.1, -0.05) is 193 Å². The van der Waals surface area contributed by atoms with Crippen LogP contribution in [0.2, 0.25) is 0 Å². The van der Waals surface area contributed by atoms with Crippen molar-refractivity contribution in [3.8, 4) is 44.5 Å². The fraction of sp³-hybridized carbons (Fsp3) is 0.121. The second-order valence-electron chi connectivity index (χ2n) is 20.5. The number of para-hydroxylation sites is 3. The Morgan fingerprint density at radius 3 is 1.59 bits per heavy atom. The van der Waals surface area contributed by atoms with E-state index in [1.807, 2.05) is 24.3 Å². The van der Waals surface area contributed by atoms with E-state index in [0.717, 1.165) is 88.8 Å². The number of furan rings is 2. The summed E-state index contributed by atoms with van der Waals surface area (Å²) in [6.07, 6.45) is 0. The Morgan fingerprint density at radius 2 is 0.855 bits per heavy atom. The van der Waals surface area contributed by atoms with Crippen molar-refractivity contribution in [3.05, 3.63) is 223 Å². The van der Waals surface area contributed by atoms with E-state index in [0.29, 0.717) is 0 Å². The molecule has 10 aromatic carbocycles. The molecule has 0 saturated heterocycles. The van der Waals surface area contributed by atoms with Crippen molar-refractivity contribution in [2.24, 2.45) is 0 Å². The summed E-state index contributed by atoms with van der Waals surface area (Å²) in [6, 6.07) is 77.2. The molecule has 0 spiro atoms. The molecule has 3 heteroatoms. The predicted octanol–water partition coefficient (Wildman–Crippen LogP) is 19.4. The minimum atomic E-state index is -0.0164. The van der Waals surface area contributed by atoms with E-state index in [1.54, 1.807) is 0 Å². The Bertz CT molecular complexity index is 3890. The van der Waals surface area contributed by atoms with Crippen LogP contribution in [-0.4, -0.2) is 0 Å². The van der Waals surface area contributed by atoms with Gasteiger partial charge in [0.1, 0.15) is 22.3 Å². The third-order valence-electron chi connectivity index (χ3n) is 14.0. The normalized spacial score (nSPS) is 12.2. The zero-order valence-corrected chi connectivity index (χ0v) is 40.0. The monoisotopic (exact) mass is 891 g/mol. The number of benzene rings is 10. The van der Waals surface area contributed by atoms with Crippen molar-refractivity contribution >= 4 is 71.7 Å². The molecule has 334 valence electrons. The Labute approximate surface area is 403 Å². The van der Waals surface area contributed by atoms with Crippen LogP contribution in [0.15, 0.2) is 221 Å². The highest BCUT2D eigenvalue weighted by atomic mass is 16.3. The maximum absolute atomic E-state index is 6.33. The maximum atomic E-state index is 6.33. The van der Waals surface area contributed by atoms with Crippen LogP contribution in [-0.2, 0) is 10.8 Å². The van der Waals surface area contributed by atoms with Gasteiger partial charge in [0.15, 0.2) is 0 Å². The molecule has 12 aromatic rings. The topological polar surface area (TPSA) is 29.5 Å². The maximum Gasteiger partial charge on any atom is 0.136 e. The molecule has 3 nitrogen and oxygen atoms in total. The van der Waals surface area contributed by atoms with Crippen LogP contribution in [0.1, 0.15) is 52.7 Å². The highest BCUT2D eigenvalue weighted by Gasteiger charge is 2.24. The molecule has 0 bridgehead atoms. The molecule has 0 atom stereocenters. The van der Waals surface area contributed by atoms with Crippen molar-refractivity contribution in [1.82, 2.24) is 0 Å². The van der Waals surface area contributed by atoms with E-state index in [-0.39, 0.29) is 10.8 Å². The van der Waals surface area contributed by atoms with E-state index in [9.17, 15) is 0 Å². The first-order valence-corrected chi connectivity index (χ1v) is 24.1. The van der Waals surface area contributed by atoms with Gasteiger partial charge in [-0.25, -0.2) is 0 Å². The molecule has 0 radical (unpaired) electrons. The number of rotatable bonds is 7. The molecule has 69 heavy (non-hydrogen) atoms. The van der Waals surface area contributed by atoms with Crippen molar-refractivity contribution in [1.29, 1.82) is 0 Å². The summed E-state index contributed by atoms with van der Waals surface area (Å²) in [7, 11) is 0. The first-order valence-electron chi connectivity index (χ1n) is 24.1. The van der Waals surface area contributed by atoms with Crippen LogP contribution < -0.4 is 4.90 Å². The van der Waals surface area contributed by atoms with Crippen LogP contribution in [0.25, 0.3) is 99.2 Å². The van der Waals surface area contributed by atoms with Crippen LogP contribution in [0, 0.1) is 0 Å². The third-order valence-corrected chi connectivity index (χ3v) is 14.0. The van der Waals surface area contributed by atoms with Crippen LogP contribution in [0.3, 0.4) is 0 Å². The summed E-state index contributed by atoms with van der Waals surface area (Å²) in [4.78, 5) is 2.43. The molecule has 0 aliphatic heterocycles. The van der Waals surface area contributed by atoms with Gasteiger partial charge in [-0.05, 0) is 132 Å². The van der Waals surface area contributed by atoms with E-state index >= 15 is 0 Å². The molecule has 0 fully saturated rings. The van der Waals surface area contributed by atoms with Crippen molar-refractivity contribution < 1.29 is 8.83 Å². The molecule has 0 N–H and O–H groups in total. The Balaban J connectivity index is 1.06. The second kappa shape index (κ2) is 16.3. The van der Waals surface area contributed by atoms with Gasteiger partial charge < -0.3 is 13.7 Å². The molecule has 2 heterocycles. The molecule has 0 saturated carbocycles. The lowest BCUT2D eigenvalue weighted by Gasteiger charge is -2.29. The van der Waals surface area contributed by atoms with E-state index < -0.39 is 0 Å². The SMILES string of the molecule is CC(C)(C)c1cc(-c2cccc3cccc(-c4ccccc4N(c4ccc(-c5cccc6oc7ccccc7c56)cc4)c4cccc(-c5ccc6oc7ccccc7c6c5)c4)c23)cc(C(C)(C)C)c1. The van der Waals surface area contributed by atoms with Crippen molar-refractivity contribution in [2.75, 3.05) is 4.90 Å². The highest BCUT2D eigenvalue weighted by molar-refractivity contribution is 6.13. The Morgan fingerprint density at radius 1 is 0.319 bits per heavy atom. The van der Waals surface area contributed by atoms with Gasteiger partial charge in [-0.3, -0.25) is 0 Å². The lowest BCUT2D eigenvalue weighted by atomic mass is 9.78. The van der Waals surface area contributed by atoms with Crippen molar-refractivity contribution in [2.45, 2.75) is 52.4 Å². The summed E-state index contributed by atoms with van der Waals surface area (Å²) in [5, 5.41) is 6.93. The Kier molecular flexibility index (Phi) is 9.97. The molecule has 0 unspecified atom stereocenters. The first-order chi connectivity index (χ1) is 33.5. The number of fused-ring (bicyclic) bond motifs is 7. The largest absolute Gasteiger partial charge is 0.456 e. The molecular formula is C66H53NO2. The van der Waals surface area contributed by atoms with Gasteiger partial charge in [0.2, 0.25) is 0 Å². The Hall–Kier alpha value is -8.14. The number of nitrogens with zero attached hydrogens (tertiary/aromatic N) is 1. The number of anilines is 3. The zero-order chi connectivity index (χ0) is 47.0. The highest BCUT2D eigenvalue weighted by Crippen LogP contribution is 2.47. The predicted molar refractivity (Wildman–Crippen MR) is 292 cm³/mol. The quantitative estimate of drug-likeness (QED) is 0.160. The molecule has 12 rings (SSSR count). The van der Waals surface area contributed by atoms with Crippen LogP contribution in [0.4, 0.5) is 17.1 Å². The van der Waals surface area contributed by atoms with Gasteiger partial charge in [0.25, 0.3) is 0 Å². The summed E-state index contributed by atoms with van der Waals surface area (Å²) in [6.45, 7) is 13.9. The average molecular weight is 892 g/mol. The molecule has 2 aromatic heterocycles. The summed E-state index contributed by atoms with van der Waals surface area (Å²) >= 11 is 0. The zero-order valence-electron chi connectivity index (χ0n) is 40.0. The second-order valence-corrected chi connectivity index (χ2v) is 20.5. The summed E-state index contributed by atoms with van der Waals surface area (Å²) < 4.78 is 12.6. The third kappa shape index (κ3) is 7.46. The molecule has 0 amide bonds. The lowest BCUT2D eigenvalue weighted by molar-refractivity contribution is 0.569. The van der Waals surface area contributed by atoms with Gasteiger partial charge in [-0.2, -0.15) is 0 Å². The molecule has 0 aliphatic carbocycles. The van der Waals surface area contributed by atoms with E-state index in [1.165, 1.54) is 38.6 Å².